The summed E-state index contributed by atoms with van der Waals surface area (Å²) in [4.78, 5) is 8.49. The molecule has 0 atom stereocenters. The molecule has 0 N–H and O–H groups in total. The summed E-state index contributed by atoms with van der Waals surface area (Å²) in [5, 5.41) is 2.29. The smallest absolute Gasteiger partial charge is 0.117 e. The second-order valence-corrected chi connectivity index (χ2v) is 4.41. The van der Waals surface area contributed by atoms with Crippen LogP contribution in [0.2, 0.25) is 0 Å². The molecular formula is C12H4F3IrN2S-. The number of rotatable bonds is 1. The van der Waals surface area contributed by atoms with Gasteiger partial charge in [-0.25, -0.2) is 13.8 Å². The summed E-state index contributed by atoms with van der Waals surface area (Å²) in [5.74, 6) is -3.39. The zero-order chi connectivity index (χ0) is 12.7. The van der Waals surface area contributed by atoms with E-state index in [9.17, 15) is 13.2 Å². The van der Waals surface area contributed by atoms with Crippen molar-refractivity contribution in [2.75, 3.05) is 0 Å². The maximum Gasteiger partial charge on any atom is 0.117 e. The van der Waals surface area contributed by atoms with Crippen molar-refractivity contribution in [2.45, 2.75) is 0 Å². The maximum atomic E-state index is 13.7. The van der Waals surface area contributed by atoms with Gasteiger partial charge in [-0.1, -0.05) is 11.6 Å². The summed E-state index contributed by atoms with van der Waals surface area (Å²) >= 11 is 1.34. The van der Waals surface area contributed by atoms with Crippen LogP contribution in [0.3, 0.4) is 0 Å². The molecule has 0 unspecified atom stereocenters. The van der Waals surface area contributed by atoms with Gasteiger partial charge in [0.1, 0.15) is 11.2 Å². The summed E-state index contributed by atoms with van der Waals surface area (Å²) in [6, 6.07) is 4.27. The van der Waals surface area contributed by atoms with Gasteiger partial charge in [-0.3, -0.25) is 9.37 Å². The quantitative estimate of drug-likeness (QED) is 0.413. The Balaban J connectivity index is 0.00000133. The zero-order valence-corrected chi connectivity index (χ0v) is 12.3. The van der Waals surface area contributed by atoms with Crippen LogP contribution in [0.4, 0.5) is 13.2 Å². The second-order valence-electron chi connectivity index (χ2n) is 3.52. The summed E-state index contributed by atoms with van der Waals surface area (Å²) in [5.41, 5.74) is -0.185. The minimum atomic E-state index is -1.26. The van der Waals surface area contributed by atoms with E-state index in [1.54, 1.807) is 11.4 Å². The van der Waals surface area contributed by atoms with Crippen molar-refractivity contribution >= 4 is 21.6 Å². The Morgan fingerprint density at radius 3 is 2.74 bits per heavy atom. The first kappa shape index (κ1) is 14.1. The standard InChI is InChI=1S/C12H4F3N2S.Ir/c13-6-3-8(10(15)9(14)4-6)11-7-1-2-18-12(7)17-5-16-11;/h1-2,4-5H;/q-1;. The molecule has 2 heterocycles. The molecule has 1 aromatic carbocycles. The van der Waals surface area contributed by atoms with Gasteiger partial charge in [0.15, 0.2) is 0 Å². The summed E-state index contributed by atoms with van der Waals surface area (Å²) in [6.07, 6.45) is 1.23. The molecule has 0 aliphatic rings. The SMILES string of the molecule is Fc1[c-]c(-c2ncnc3sccc23)c(F)c(F)c1.[Ir]. The first-order chi connectivity index (χ1) is 8.66. The minimum absolute atomic E-state index is 0. The molecule has 0 fully saturated rings. The summed E-state index contributed by atoms with van der Waals surface area (Å²) < 4.78 is 40.0. The predicted octanol–water partition coefficient (Wildman–Crippen LogP) is 3.57. The van der Waals surface area contributed by atoms with E-state index in [1.807, 2.05) is 0 Å². The number of thiophene rings is 1. The van der Waals surface area contributed by atoms with Crippen LogP contribution in [0.25, 0.3) is 21.5 Å². The topological polar surface area (TPSA) is 25.8 Å². The van der Waals surface area contributed by atoms with E-state index < -0.39 is 17.5 Å². The molecule has 2 nitrogen and oxygen atoms in total. The average molecular weight is 457 g/mol. The van der Waals surface area contributed by atoms with Gasteiger partial charge in [-0.15, -0.1) is 17.4 Å². The number of hydrogen-bond acceptors (Lipinski definition) is 3. The number of fused-ring (bicyclic) bond motifs is 1. The van der Waals surface area contributed by atoms with E-state index in [1.165, 1.54) is 17.7 Å². The van der Waals surface area contributed by atoms with Crippen LogP contribution < -0.4 is 0 Å². The molecular weight excluding hydrogens is 453 g/mol. The van der Waals surface area contributed by atoms with E-state index in [4.69, 9.17) is 0 Å². The van der Waals surface area contributed by atoms with Crippen molar-refractivity contribution in [3.8, 4) is 11.3 Å². The molecule has 0 bridgehead atoms. The zero-order valence-electron chi connectivity index (χ0n) is 9.08. The van der Waals surface area contributed by atoms with Crippen molar-refractivity contribution in [1.82, 2.24) is 9.97 Å². The molecule has 0 aliphatic heterocycles. The van der Waals surface area contributed by atoms with Crippen LogP contribution in [0.1, 0.15) is 0 Å². The van der Waals surface area contributed by atoms with E-state index in [-0.39, 0.29) is 31.4 Å². The normalized spacial score (nSPS) is 10.5. The van der Waals surface area contributed by atoms with Crippen LogP contribution in [0, 0.1) is 23.5 Å². The van der Waals surface area contributed by atoms with Crippen molar-refractivity contribution in [3.05, 3.63) is 47.4 Å². The number of hydrogen-bond donors (Lipinski definition) is 0. The molecule has 19 heavy (non-hydrogen) atoms. The first-order valence-electron chi connectivity index (χ1n) is 4.92. The molecule has 0 aliphatic carbocycles. The fraction of sp³-hybridized carbons (Fsp3) is 0. The van der Waals surface area contributed by atoms with Gasteiger partial charge >= 0.3 is 0 Å². The molecule has 3 aromatic rings. The molecule has 2 aromatic heterocycles. The van der Waals surface area contributed by atoms with Crippen molar-refractivity contribution in [3.63, 3.8) is 0 Å². The largest absolute Gasteiger partial charge is 0.285 e. The third-order valence-corrected chi connectivity index (χ3v) is 3.25. The van der Waals surface area contributed by atoms with E-state index >= 15 is 0 Å². The summed E-state index contributed by atoms with van der Waals surface area (Å²) in [7, 11) is 0. The van der Waals surface area contributed by atoms with Crippen molar-refractivity contribution in [1.29, 1.82) is 0 Å². The Kier molecular flexibility index (Phi) is 3.99. The number of nitrogens with zero attached hydrogens (tertiary/aromatic N) is 2. The van der Waals surface area contributed by atoms with Crippen LogP contribution in [0.15, 0.2) is 23.8 Å². The fourth-order valence-corrected chi connectivity index (χ4v) is 2.39. The van der Waals surface area contributed by atoms with Gasteiger partial charge in [-0.05, 0) is 16.8 Å². The Hall–Kier alpha value is -1.30. The maximum absolute atomic E-state index is 13.7. The molecule has 99 valence electrons. The van der Waals surface area contributed by atoms with Crippen molar-refractivity contribution in [2.24, 2.45) is 0 Å². The number of aromatic nitrogens is 2. The first-order valence-corrected chi connectivity index (χ1v) is 5.80. The van der Waals surface area contributed by atoms with Gasteiger partial charge in [-0.2, -0.15) is 0 Å². The Bertz CT molecular complexity index is 745. The van der Waals surface area contributed by atoms with Crippen LogP contribution in [0.5, 0.6) is 0 Å². The van der Waals surface area contributed by atoms with Gasteiger partial charge in [0, 0.05) is 31.6 Å². The molecule has 0 saturated heterocycles. The van der Waals surface area contributed by atoms with Gasteiger partial charge in [0.2, 0.25) is 0 Å². The molecule has 3 rings (SSSR count). The molecule has 0 spiro atoms. The number of halogens is 3. The van der Waals surface area contributed by atoms with E-state index in [0.717, 1.165) is 0 Å². The molecule has 7 heteroatoms. The van der Waals surface area contributed by atoms with E-state index in [2.05, 4.69) is 16.0 Å². The van der Waals surface area contributed by atoms with Crippen molar-refractivity contribution < 1.29 is 33.3 Å². The Morgan fingerprint density at radius 1 is 1.16 bits per heavy atom. The third kappa shape index (κ3) is 2.41. The average Bonchev–Trinajstić information content (AvgIpc) is 2.81. The van der Waals surface area contributed by atoms with Gasteiger partial charge in [0.25, 0.3) is 0 Å². The molecule has 1 radical (unpaired) electrons. The van der Waals surface area contributed by atoms with Crippen LogP contribution in [-0.2, 0) is 20.1 Å². The molecule has 0 saturated carbocycles. The predicted molar refractivity (Wildman–Crippen MR) is 61.6 cm³/mol. The van der Waals surface area contributed by atoms with Crippen LogP contribution in [-0.4, -0.2) is 9.97 Å². The Morgan fingerprint density at radius 2 is 1.95 bits per heavy atom. The monoisotopic (exact) mass is 458 g/mol. The second kappa shape index (κ2) is 5.36. The number of benzene rings is 1. The van der Waals surface area contributed by atoms with Gasteiger partial charge < -0.3 is 0 Å². The minimum Gasteiger partial charge on any atom is -0.285 e. The molecule has 0 amide bonds. The van der Waals surface area contributed by atoms with Gasteiger partial charge in [0.05, 0.1) is 11.6 Å². The fourth-order valence-electron chi connectivity index (χ4n) is 1.66. The van der Waals surface area contributed by atoms with E-state index in [0.29, 0.717) is 16.3 Å². The third-order valence-electron chi connectivity index (χ3n) is 2.43. The Labute approximate surface area is 123 Å². The summed E-state index contributed by atoms with van der Waals surface area (Å²) in [6.45, 7) is 0. The van der Waals surface area contributed by atoms with Crippen LogP contribution >= 0.6 is 11.3 Å².